The Bertz CT molecular complexity index is 1190. The Kier molecular flexibility index (Phi) is 17.3. The monoisotopic (exact) mass is 619 g/mol. The lowest BCUT2D eigenvalue weighted by molar-refractivity contribution is -0.116. The molecule has 2 N–H and O–H groups in total. The van der Waals surface area contributed by atoms with Gasteiger partial charge in [-0.25, -0.2) is 9.78 Å². The molecule has 2 aromatic heterocycles. The number of anilines is 1. The van der Waals surface area contributed by atoms with Gasteiger partial charge in [-0.3, -0.25) is 4.79 Å². The van der Waals surface area contributed by atoms with Crippen molar-refractivity contribution in [2.75, 3.05) is 25.6 Å². The van der Waals surface area contributed by atoms with Gasteiger partial charge < -0.3 is 29.2 Å². The molecule has 2 rings (SSSR count). The number of aromatic nitrogens is 4. The minimum atomic E-state index is -1.73. The van der Waals surface area contributed by atoms with Crippen LogP contribution in [-0.4, -0.2) is 68.7 Å². The summed E-state index contributed by atoms with van der Waals surface area (Å²) in [5.41, 5.74) is -1.54. The maximum absolute atomic E-state index is 14.3. The topological polar surface area (TPSA) is 138 Å². The van der Waals surface area contributed by atoms with E-state index in [-0.39, 0.29) is 42.5 Å². The molecule has 2 atom stereocenters. The number of terminal acetylenes is 1. The summed E-state index contributed by atoms with van der Waals surface area (Å²) >= 11 is 0. The lowest BCUT2D eigenvalue weighted by Gasteiger charge is -2.31. The summed E-state index contributed by atoms with van der Waals surface area (Å²) in [6, 6.07) is 0. The van der Waals surface area contributed by atoms with Crippen LogP contribution < -0.4 is 5.32 Å². The van der Waals surface area contributed by atoms with Gasteiger partial charge in [0.15, 0.2) is 22.6 Å². The van der Waals surface area contributed by atoms with Crippen molar-refractivity contribution >= 4 is 29.0 Å². The number of rotatable bonds is 23. The number of halogens is 1. The maximum atomic E-state index is 14.3. The summed E-state index contributed by atoms with van der Waals surface area (Å²) in [5, 5.41) is 13.7. The lowest BCUT2D eigenvalue weighted by Crippen LogP contribution is -2.49. The van der Waals surface area contributed by atoms with Crippen molar-refractivity contribution < 1.29 is 33.3 Å². The first-order valence-electron chi connectivity index (χ1n) is 16.0. The van der Waals surface area contributed by atoms with E-state index in [1.165, 1.54) is 62.9 Å². The Labute approximate surface area is 260 Å². The van der Waals surface area contributed by atoms with Gasteiger partial charge in [0, 0.05) is 13.5 Å². The SMILES string of the molecule is C#CC(COC(=O)OCCCCCCCCCCCC)(OC)[C@@H](O)Cn1cnc2c(NC(=O)CCCCCC)nc(F)nc21. The molecule has 0 aliphatic rings. The number of carbonyl (C=O) groups is 2. The summed E-state index contributed by atoms with van der Waals surface area (Å²) in [4.78, 5) is 36.3. The van der Waals surface area contributed by atoms with Gasteiger partial charge in [-0.15, -0.1) is 6.42 Å². The molecular formula is C32H50FN5O6. The van der Waals surface area contributed by atoms with Crippen LogP contribution >= 0.6 is 0 Å². The largest absolute Gasteiger partial charge is 0.508 e. The van der Waals surface area contributed by atoms with Crippen molar-refractivity contribution in [1.82, 2.24) is 19.5 Å². The molecule has 2 heterocycles. The minimum Gasteiger partial charge on any atom is -0.434 e. The van der Waals surface area contributed by atoms with Crippen LogP contribution in [0, 0.1) is 18.4 Å². The number of hydrogen-bond acceptors (Lipinski definition) is 9. The van der Waals surface area contributed by atoms with E-state index in [0.29, 0.717) is 6.42 Å². The zero-order chi connectivity index (χ0) is 32.2. The Morgan fingerprint density at radius 1 is 1.00 bits per heavy atom. The van der Waals surface area contributed by atoms with Gasteiger partial charge in [0.1, 0.15) is 12.7 Å². The van der Waals surface area contributed by atoms with Crippen LogP contribution in [0.15, 0.2) is 6.33 Å². The van der Waals surface area contributed by atoms with Gasteiger partial charge in [0.25, 0.3) is 0 Å². The molecule has 1 unspecified atom stereocenters. The van der Waals surface area contributed by atoms with Crippen molar-refractivity contribution in [3.05, 3.63) is 12.4 Å². The van der Waals surface area contributed by atoms with Crippen LogP contribution in [0.4, 0.5) is 15.0 Å². The van der Waals surface area contributed by atoms with Crippen molar-refractivity contribution in [2.24, 2.45) is 0 Å². The third kappa shape index (κ3) is 12.4. The number of carbonyl (C=O) groups excluding carboxylic acids is 2. The van der Waals surface area contributed by atoms with Crippen LogP contribution in [0.1, 0.15) is 110 Å². The molecule has 0 saturated heterocycles. The summed E-state index contributed by atoms with van der Waals surface area (Å²) in [6.07, 6.45) is 19.2. The first-order chi connectivity index (χ1) is 21.3. The standard InChI is InChI=1S/C32H50FN5O6/c1-5-8-10-12-13-14-15-16-17-19-21-43-31(41)44-23-32(7-3,42-4)25(39)22-38-24-34-27-28(36-30(33)37-29(27)38)35-26(40)20-18-11-9-6-2/h3,24-25,39H,5-6,8-23H2,1-2,4H3,(H,35,36,37,40)/t25-,32?/m0/s1. The fraction of sp³-hybridized carbons (Fsp3) is 0.719. The minimum absolute atomic E-state index is 0.0386. The number of fused-ring (bicyclic) bond motifs is 1. The molecule has 12 heteroatoms. The molecule has 0 saturated carbocycles. The first-order valence-corrected chi connectivity index (χ1v) is 16.0. The smallest absolute Gasteiger partial charge is 0.434 e. The maximum Gasteiger partial charge on any atom is 0.508 e. The Morgan fingerprint density at radius 2 is 1.61 bits per heavy atom. The molecule has 0 bridgehead atoms. The molecule has 0 spiro atoms. The molecule has 44 heavy (non-hydrogen) atoms. The number of nitrogens with zero attached hydrogens (tertiary/aromatic N) is 4. The van der Waals surface area contributed by atoms with E-state index in [1.54, 1.807) is 0 Å². The van der Waals surface area contributed by atoms with Gasteiger partial charge >= 0.3 is 12.2 Å². The van der Waals surface area contributed by atoms with Crippen LogP contribution in [0.3, 0.4) is 0 Å². The number of imidazole rings is 1. The number of aliphatic hydroxyl groups excluding tert-OH is 1. The van der Waals surface area contributed by atoms with Crippen LogP contribution in [0.5, 0.6) is 0 Å². The quantitative estimate of drug-likeness (QED) is 0.0633. The predicted octanol–water partition coefficient (Wildman–Crippen LogP) is 6.33. The van der Waals surface area contributed by atoms with E-state index < -0.39 is 30.5 Å². The molecule has 0 aliphatic heterocycles. The number of methoxy groups -OCH3 is 1. The lowest BCUT2D eigenvalue weighted by atomic mass is 9.98. The van der Waals surface area contributed by atoms with Crippen LogP contribution in [0.2, 0.25) is 0 Å². The highest BCUT2D eigenvalue weighted by Crippen LogP contribution is 2.23. The zero-order valence-corrected chi connectivity index (χ0v) is 26.6. The van der Waals surface area contributed by atoms with E-state index in [1.807, 2.05) is 0 Å². The fourth-order valence-corrected chi connectivity index (χ4v) is 4.82. The summed E-state index contributed by atoms with van der Waals surface area (Å²) in [5.74, 6) is 2.00. The van der Waals surface area contributed by atoms with E-state index in [2.05, 4.69) is 40.0 Å². The van der Waals surface area contributed by atoms with E-state index >= 15 is 0 Å². The third-order valence-corrected chi connectivity index (χ3v) is 7.59. The average Bonchev–Trinajstić information content (AvgIpc) is 3.41. The fourth-order valence-electron chi connectivity index (χ4n) is 4.82. The molecule has 0 aromatic carbocycles. The second kappa shape index (κ2) is 20.6. The van der Waals surface area contributed by atoms with Crippen molar-refractivity contribution in [3.63, 3.8) is 0 Å². The number of nitrogens with one attached hydrogen (secondary N) is 1. The molecule has 2 aromatic rings. The average molecular weight is 620 g/mol. The van der Waals surface area contributed by atoms with Crippen LogP contribution in [0.25, 0.3) is 11.2 Å². The molecule has 0 fully saturated rings. The number of aliphatic hydroxyl groups is 1. The summed E-state index contributed by atoms with van der Waals surface area (Å²) in [6.45, 7) is 3.80. The van der Waals surface area contributed by atoms with Crippen molar-refractivity contribution in [3.8, 4) is 12.3 Å². The zero-order valence-electron chi connectivity index (χ0n) is 26.6. The van der Waals surface area contributed by atoms with Crippen molar-refractivity contribution in [1.29, 1.82) is 0 Å². The summed E-state index contributed by atoms with van der Waals surface area (Å²) < 4.78 is 31.4. The molecular weight excluding hydrogens is 569 g/mol. The molecule has 11 nitrogen and oxygen atoms in total. The third-order valence-electron chi connectivity index (χ3n) is 7.59. The Hall–Kier alpha value is -3.30. The molecule has 1 amide bonds. The highest BCUT2D eigenvalue weighted by atomic mass is 19.1. The van der Waals surface area contributed by atoms with E-state index in [0.717, 1.165) is 38.5 Å². The molecule has 0 aliphatic carbocycles. The number of amides is 1. The second-order valence-corrected chi connectivity index (χ2v) is 11.1. The molecule has 246 valence electrons. The predicted molar refractivity (Wildman–Crippen MR) is 166 cm³/mol. The number of unbranched alkanes of at least 4 members (excludes halogenated alkanes) is 12. The number of ether oxygens (including phenoxy) is 3. The van der Waals surface area contributed by atoms with Gasteiger partial charge in [0.2, 0.25) is 5.91 Å². The van der Waals surface area contributed by atoms with Crippen LogP contribution in [-0.2, 0) is 25.5 Å². The van der Waals surface area contributed by atoms with Gasteiger partial charge in [-0.05, 0) is 12.8 Å². The van der Waals surface area contributed by atoms with Gasteiger partial charge in [0.05, 0.1) is 19.5 Å². The summed E-state index contributed by atoms with van der Waals surface area (Å²) in [7, 11) is 1.28. The highest BCUT2D eigenvalue weighted by Gasteiger charge is 2.39. The van der Waals surface area contributed by atoms with Gasteiger partial charge in [-0.1, -0.05) is 96.8 Å². The highest BCUT2D eigenvalue weighted by molar-refractivity contribution is 5.96. The van der Waals surface area contributed by atoms with Gasteiger partial charge in [-0.2, -0.15) is 14.4 Å². The second-order valence-electron chi connectivity index (χ2n) is 11.1. The van der Waals surface area contributed by atoms with E-state index in [9.17, 15) is 19.1 Å². The van der Waals surface area contributed by atoms with E-state index in [4.69, 9.17) is 20.6 Å². The Morgan fingerprint density at radius 3 is 2.23 bits per heavy atom. The molecule has 0 radical (unpaired) electrons. The van der Waals surface area contributed by atoms with Crippen molar-refractivity contribution in [2.45, 2.75) is 128 Å². The first kappa shape index (κ1) is 36.9. The number of hydrogen-bond donors (Lipinski definition) is 2. The Balaban J connectivity index is 1.87. The normalized spacial score (nSPS) is 13.3.